The Morgan fingerprint density at radius 3 is 2.59 bits per heavy atom. The normalized spacial score (nSPS) is 14.5. The summed E-state index contributed by atoms with van der Waals surface area (Å²) in [5.74, 6) is -2.07. The minimum absolute atomic E-state index is 0.0571. The zero-order valence-electron chi connectivity index (χ0n) is 16.9. The number of anilines is 1. The van der Waals surface area contributed by atoms with Crippen molar-refractivity contribution in [1.29, 1.82) is 0 Å². The average Bonchev–Trinajstić information content (AvgIpc) is 2.81. The Labute approximate surface area is 188 Å². The number of likely N-dealkylation sites (N-methyl/N-ethyl adjacent to an activating group) is 1. The number of rotatable bonds is 4. The Kier molecular flexibility index (Phi) is 5.83. The molecule has 6 nitrogen and oxygen atoms in total. The first-order valence-electron chi connectivity index (χ1n) is 9.66. The molecule has 1 aromatic heterocycles. The van der Waals surface area contributed by atoms with Crippen LogP contribution in [0, 0.1) is 5.82 Å². The summed E-state index contributed by atoms with van der Waals surface area (Å²) in [6.07, 6.45) is 4.58. The van der Waals surface area contributed by atoms with Gasteiger partial charge in [-0.25, -0.2) is 4.39 Å². The summed E-state index contributed by atoms with van der Waals surface area (Å²) in [6, 6.07) is 12.2. The Hall–Kier alpha value is -3.84. The molecule has 0 aliphatic carbocycles. The Morgan fingerprint density at radius 1 is 1.12 bits per heavy atom. The molecule has 160 valence electrons. The molecule has 2 heterocycles. The molecule has 1 aliphatic rings. The minimum Gasteiger partial charge on any atom is -0.348 e. The van der Waals surface area contributed by atoms with Gasteiger partial charge in [0.2, 0.25) is 5.78 Å². The molecule has 0 saturated carbocycles. The summed E-state index contributed by atoms with van der Waals surface area (Å²) < 4.78 is 13.8. The molecule has 0 radical (unpaired) electrons. The maximum Gasteiger partial charge on any atom is 0.262 e. The molecular formula is C24H17ClFN3O3. The second-order valence-corrected chi connectivity index (χ2v) is 7.60. The Balaban J connectivity index is 1.64. The van der Waals surface area contributed by atoms with Crippen LogP contribution in [0.4, 0.5) is 10.1 Å². The third kappa shape index (κ3) is 4.15. The lowest BCUT2D eigenvalue weighted by atomic mass is 9.92. The van der Waals surface area contributed by atoms with Crippen molar-refractivity contribution in [1.82, 2.24) is 10.3 Å². The number of nitrogens with zero attached hydrogens (tertiary/aromatic N) is 2. The fraction of sp³-hybridized carbons (Fsp3) is 0.0833. The summed E-state index contributed by atoms with van der Waals surface area (Å²) in [4.78, 5) is 43.7. The molecular weight excluding hydrogens is 433 g/mol. The van der Waals surface area contributed by atoms with Gasteiger partial charge in [0.05, 0.1) is 16.3 Å². The average molecular weight is 450 g/mol. The molecule has 2 amide bonds. The van der Waals surface area contributed by atoms with Crippen molar-refractivity contribution in [2.24, 2.45) is 0 Å². The number of carbonyl (C=O) groups excluding carboxylic acids is 3. The smallest absolute Gasteiger partial charge is 0.262 e. The summed E-state index contributed by atoms with van der Waals surface area (Å²) in [7, 11) is 1.53. The standard InChI is InChI=1S/C24H17ClFN3O3/c1-29-21-5-3-16(23(31)28-13-14-6-8-27-9-7-14)12-17(21)22(30)18(24(29)32)10-15-2-4-19(25)20(26)11-15/h2-12H,13H2,1H3,(H,28,31)/b18-10+. The lowest BCUT2D eigenvalue weighted by Crippen LogP contribution is -2.37. The van der Waals surface area contributed by atoms with E-state index in [9.17, 15) is 18.8 Å². The van der Waals surface area contributed by atoms with Crippen molar-refractivity contribution in [2.45, 2.75) is 6.54 Å². The minimum atomic E-state index is -0.654. The van der Waals surface area contributed by atoms with Crippen LogP contribution in [0.15, 0.2) is 66.5 Å². The largest absolute Gasteiger partial charge is 0.348 e. The van der Waals surface area contributed by atoms with E-state index in [1.807, 2.05) is 0 Å². The molecule has 0 spiro atoms. The van der Waals surface area contributed by atoms with E-state index in [1.54, 1.807) is 36.7 Å². The highest BCUT2D eigenvalue weighted by Gasteiger charge is 2.33. The predicted octanol–water partition coefficient (Wildman–Crippen LogP) is 4.05. The summed E-state index contributed by atoms with van der Waals surface area (Å²) in [5.41, 5.74) is 1.97. The summed E-state index contributed by atoms with van der Waals surface area (Å²) in [6.45, 7) is 0.304. The molecule has 4 rings (SSSR count). The molecule has 8 heteroatoms. The van der Waals surface area contributed by atoms with Gasteiger partial charge in [-0.2, -0.15) is 0 Å². The quantitative estimate of drug-likeness (QED) is 0.481. The topological polar surface area (TPSA) is 79.4 Å². The molecule has 32 heavy (non-hydrogen) atoms. The number of fused-ring (bicyclic) bond motifs is 1. The van der Waals surface area contributed by atoms with Gasteiger partial charge in [0.25, 0.3) is 11.8 Å². The predicted molar refractivity (Wildman–Crippen MR) is 119 cm³/mol. The van der Waals surface area contributed by atoms with Crippen molar-refractivity contribution >= 4 is 41.0 Å². The Bertz CT molecular complexity index is 1270. The van der Waals surface area contributed by atoms with Crippen LogP contribution < -0.4 is 10.2 Å². The number of carbonyl (C=O) groups is 3. The number of ketones is 1. The summed E-state index contributed by atoms with van der Waals surface area (Å²) >= 11 is 5.70. The van der Waals surface area contributed by atoms with Crippen LogP contribution in [0.5, 0.6) is 0 Å². The van der Waals surface area contributed by atoms with Gasteiger partial charge in [-0.3, -0.25) is 19.4 Å². The number of hydrogen-bond acceptors (Lipinski definition) is 4. The SMILES string of the molecule is CN1C(=O)/C(=C/c2ccc(Cl)c(F)c2)C(=O)c2cc(C(=O)NCc3ccncc3)ccc21. The third-order valence-electron chi connectivity index (χ3n) is 5.10. The molecule has 0 fully saturated rings. The zero-order chi connectivity index (χ0) is 22.8. The van der Waals surface area contributed by atoms with Crippen molar-refractivity contribution in [3.63, 3.8) is 0 Å². The van der Waals surface area contributed by atoms with E-state index in [0.29, 0.717) is 17.8 Å². The van der Waals surface area contributed by atoms with Crippen LogP contribution in [0.1, 0.15) is 31.8 Å². The lowest BCUT2D eigenvalue weighted by molar-refractivity contribution is -0.114. The fourth-order valence-electron chi connectivity index (χ4n) is 3.37. The van der Waals surface area contributed by atoms with Gasteiger partial charge >= 0.3 is 0 Å². The van der Waals surface area contributed by atoms with Crippen molar-refractivity contribution < 1.29 is 18.8 Å². The van der Waals surface area contributed by atoms with Gasteiger partial charge in [0.1, 0.15) is 5.82 Å². The second-order valence-electron chi connectivity index (χ2n) is 7.19. The zero-order valence-corrected chi connectivity index (χ0v) is 17.7. The van der Waals surface area contributed by atoms with E-state index in [2.05, 4.69) is 10.3 Å². The first kappa shape index (κ1) is 21.4. The van der Waals surface area contributed by atoms with E-state index >= 15 is 0 Å². The van der Waals surface area contributed by atoms with Gasteiger partial charge in [0.15, 0.2) is 0 Å². The Morgan fingerprint density at radius 2 is 1.88 bits per heavy atom. The van der Waals surface area contributed by atoms with E-state index in [0.717, 1.165) is 11.6 Å². The van der Waals surface area contributed by atoms with Crippen LogP contribution in [0.3, 0.4) is 0 Å². The monoisotopic (exact) mass is 449 g/mol. The first-order valence-corrected chi connectivity index (χ1v) is 10.0. The molecule has 1 aliphatic heterocycles. The molecule has 2 aromatic carbocycles. The van der Waals surface area contributed by atoms with E-state index < -0.39 is 17.5 Å². The first-order chi connectivity index (χ1) is 15.3. The highest BCUT2D eigenvalue weighted by molar-refractivity contribution is 6.36. The molecule has 0 atom stereocenters. The molecule has 0 unspecified atom stereocenters. The lowest BCUT2D eigenvalue weighted by Gasteiger charge is -2.27. The van der Waals surface area contributed by atoms with Crippen LogP contribution in [-0.2, 0) is 11.3 Å². The van der Waals surface area contributed by atoms with Gasteiger partial charge < -0.3 is 10.2 Å². The number of aromatic nitrogens is 1. The fourth-order valence-corrected chi connectivity index (χ4v) is 3.48. The number of benzene rings is 2. The van der Waals surface area contributed by atoms with Gasteiger partial charge in [0, 0.05) is 37.1 Å². The number of hydrogen-bond donors (Lipinski definition) is 1. The van der Waals surface area contributed by atoms with E-state index in [4.69, 9.17) is 11.6 Å². The maximum absolute atomic E-state index is 13.8. The molecule has 0 saturated heterocycles. The third-order valence-corrected chi connectivity index (χ3v) is 5.41. The van der Waals surface area contributed by atoms with Gasteiger partial charge in [-0.15, -0.1) is 0 Å². The van der Waals surface area contributed by atoms with Gasteiger partial charge in [-0.1, -0.05) is 17.7 Å². The number of pyridine rings is 1. The van der Waals surface area contributed by atoms with Crippen LogP contribution in [-0.4, -0.2) is 29.6 Å². The number of halogens is 2. The van der Waals surface area contributed by atoms with Crippen molar-refractivity contribution in [3.8, 4) is 0 Å². The number of Topliss-reactive ketones (excluding diaryl/α,β-unsaturated/α-hetero) is 1. The molecule has 1 N–H and O–H groups in total. The second kappa shape index (κ2) is 8.72. The molecule has 0 bridgehead atoms. The maximum atomic E-state index is 13.8. The summed E-state index contributed by atoms with van der Waals surface area (Å²) in [5, 5.41) is 2.73. The number of nitrogens with one attached hydrogen (secondary N) is 1. The van der Waals surface area contributed by atoms with Crippen molar-refractivity contribution in [3.05, 3.63) is 99.6 Å². The highest BCUT2D eigenvalue weighted by atomic mass is 35.5. The van der Waals surface area contributed by atoms with Crippen LogP contribution in [0.25, 0.3) is 6.08 Å². The van der Waals surface area contributed by atoms with E-state index in [-0.39, 0.29) is 27.6 Å². The van der Waals surface area contributed by atoms with E-state index in [1.165, 1.54) is 36.2 Å². The highest BCUT2D eigenvalue weighted by Crippen LogP contribution is 2.31. The van der Waals surface area contributed by atoms with Crippen LogP contribution >= 0.6 is 11.6 Å². The van der Waals surface area contributed by atoms with Crippen molar-refractivity contribution in [2.75, 3.05) is 11.9 Å². The number of amides is 2. The van der Waals surface area contributed by atoms with Crippen LogP contribution in [0.2, 0.25) is 5.02 Å². The van der Waals surface area contributed by atoms with Gasteiger partial charge in [-0.05, 0) is 59.7 Å². The molecule has 3 aromatic rings.